The van der Waals surface area contributed by atoms with Gasteiger partial charge in [-0.3, -0.25) is 4.79 Å². The molecule has 0 saturated heterocycles. The number of anilines is 1. The van der Waals surface area contributed by atoms with Gasteiger partial charge in [-0.2, -0.15) is 0 Å². The number of carbonyl (C=O) groups excluding carboxylic acids is 2. The largest absolute Gasteiger partial charge is 0.460 e. The third-order valence-electron chi connectivity index (χ3n) is 4.35. The second kappa shape index (κ2) is 8.48. The predicted octanol–water partition coefficient (Wildman–Crippen LogP) is 3.58. The number of para-hydroxylation sites is 1. The highest BCUT2D eigenvalue weighted by molar-refractivity contribution is 7.91. The van der Waals surface area contributed by atoms with Gasteiger partial charge in [0.25, 0.3) is 0 Å². The van der Waals surface area contributed by atoms with E-state index in [0.29, 0.717) is 16.5 Å². The second-order valence-electron chi connectivity index (χ2n) is 6.30. The number of ether oxygens (including phenoxy) is 1. The second-order valence-corrected chi connectivity index (χ2v) is 8.57. The summed E-state index contributed by atoms with van der Waals surface area (Å²) in [6.45, 7) is 3.44. The molecule has 1 N–H and O–H groups in total. The SMILES string of the molecule is CCOC(=O)c1oc2ccccc2c1NC(=O)Cc1ccc(S(=O)(=O)CC)cc1. The number of sulfone groups is 1. The number of hydrogen-bond donors (Lipinski definition) is 1. The molecule has 0 spiro atoms. The van der Waals surface area contributed by atoms with Gasteiger partial charge in [0.05, 0.1) is 23.7 Å². The molecule has 0 aliphatic heterocycles. The van der Waals surface area contributed by atoms with Gasteiger partial charge in [-0.05, 0) is 36.8 Å². The summed E-state index contributed by atoms with van der Waals surface area (Å²) in [6, 6.07) is 13.1. The maximum atomic E-state index is 12.6. The number of esters is 1. The van der Waals surface area contributed by atoms with Crippen molar-refractivity contribution in [3.05, 3.63) is 59.9 Å². The maximum Gasteiger partial charge on any atom is 0.376 e. The van der Waals surface area contributed by atoms with Gasteiger partial charge in [0.2, 0.25) is 11.7 Å². The van der Waals surface area contributed by atoms with Crippen LogP contribution in [0.15, 0.2) is 57.8 Å². The Hall–Kier alpha value is -3.13. The molecule has 7 nitrogen and oxygen atoms in total. The van der Waals surface area contributed by atoms with E-state index in [4.69, 9.17) is 9.15 Å². The Labute approximate surface area is 168 Å². The predicted molar refractivity (Wildman–Crippen MR) is 109 cm³/mol. The van der Waals surface area contributed by atoms with Gasteiger partial charge in [-0.1, -0.05) is 31.2 Å². The van der Waals surface area contributed by atoms with Crippen LogP contribution < -0.4 is 5.32 Å². The number of carbonyl (C=O) groups is 2. The number of nitrogens with one attached hydrogen (secondary N) is 1. The van der Waals surface area contributed by atoms with Crippen molar-refractivity contribution in [3.8, 4) is 0 Å². The van der Waals surface area contributed by atoms with Crippen LogP contribution in [0.2, 0.25) is 0 Å². The molecule has 0 unspecified atom stereocenters. The lowest BCUT2D eigenvalue weighted by Crippen LogP contribution is -2.17. The fourth-order valence-electron chi connectivity index (χ4n) is 2.86. The number of fused-ring (bicyclic) bond motifs is 1. The monoisotopic (exact) mass is 415 g/mol. The Bertz CT molecular complexity index is 1150. The third-order valence-corrected chi connectivity index (χ3v) is 6.10. The van der Waals surface area contributed by atoms with Gasteiger partial charge in [-0.25, -0.2) is 13.2 Å². The first-order valence-corrected chi connectivity index (χ1v) is 10.8. The van der Waals surface area contributed by atoms with Crippen LogP contribution in [0.4, 0.5) is 5.69 Å². The number of amides is 1. The topological polar surface area (TPSA) is 103 Å². The van der Waals surface area contributed by atoms with Crippen molar-refractivity contribution in [2.24, 2.45) is 0 Å². The molecule has 29 heavy (non-hydrogen) atoms. The molecule has 1 amide bonds. The molecule has 8 heteroatoms. The van der Waals surface area contributed by atoms with Gasteiger partial charge >= 0.3 is 5.97 Å². The van der Waals surface area contributed by atoms with Gasteiger partial charge in [-0.15, -0.1) is 0 Å². The first-order valence-electron chi connectivity index (χ1n) is 9.16. The summed E-state index contributed by atoms with van der Waals surface area (Å²) in [4.78, 5) is 25.0. The Morgan fingerprint density at radius 2 is 1.72 bits per heavy atom. The Morgan fingerprint density at radius 1 is 1.03 bits per heavy atom. The Kier molecular flexibility index (Phi) is 6.03. The molecule has 0 saturated carbocycles. The van der Waals surface area contributed by atoms with Crippen LogP contribution in [0.25, 0.3) is 11.0 Å². The third kappa shape index (κ3) is 4.48. The molecule has 0 radical (unpaired) electrons. The first-order chi connectivity index (χ1) is 13.9. The molecule has 0 bridgehead atoms. The smallest absolute Gasteiger partial charge is 0.376 e. The Morgan fingerprint density at radius 3 is 2.38 bits per heavy atom. The summed E-state index contributed by atoms with van der Waals surface area (Å²) < 4.78 is 34.4. The Balaban J connectivity index is 1.83. The van der Waals surface area contributed by atoms with E-state index in [-0.39, 0.29) is 41.0 Å². The lowest BCUT2D eigenvalue weighted by atomic mass is 10.1. The van der Waals surface area contributed by atoms with E-state index < -0.39 is 15.8 Å². The van der Waals surface area contributed by atoms with E-state index in [9.17, 15) is 18.0 Å². The zero-order chi connectivity index (χ0) is 21.0. The van der Waals surface area contributed by atoms with E-state index in [1.54, 1.807) is 50.2 Å². The highest BCUT2D eigenvalue weighted by Gasteiger charge is 2.23. The molecule has 0 fully saturated rings. The van der Waals surface area contributed by atoms with Crippen molar-refractivity contribution in [3.63, 3.8) is 0 Å². The van der Waals surface area contributed by atoms with Crippen LogP contribution in [0.1, 0.15) is 30.0 Å². The van der Waals surface area contributed by atoms with Crippen molar-refractivity contribution in [2.75, 3.05) is 17.7 Å². The van der Waals surface area contributed by atoms with Gasteiger partial charge in [0.1, 0.15) is 11.3 Å². The number of benzene rings is 2. The molecule has 3 aromatic rings. The normalized spacial score (nSPS) is 11.4. The minimum Gasteiger partial charge on any atom is -0.460 e. The van der Waals surface area contributed by atoms with Gasteiger partial charge in [0, 0.05) is 5.39 Å². The van der Waals surface area contributed by atoms with Gasteiger partial charge < -0.3 is 14.5 Å². The van der Waals surface area contributed by atoms with Crippen molar-refractivity contribution >= 4 is 38.4 Å². The van der Waals surface area contributed by atoms with Crippen LogP contribution in [0.3, 0.4) is 0 Å². The zero-order valence-electron chi connectivity index (χ0n) is 16.1. The lowest BCUT2D eigenvalue weighted by Gasteiger charge is -2.07. The first kappa shape index (κ1) is 20.6. The standard InChI is InChI=1S/C21H21NO6S/c1-3-27-21(24)20-19(16-7-5-6-8-17(16)28-20)22-18(23)13-14-9-11-15(12-10-14)29(25,26)4-2/h5-12H,3-4,13H2,1-2H3,(H,22,23). The van der Waals surface area contributed by atoms with Gasteiger partial charge in [0.15, 0.2) is 9.84 Å². The molecule has 152 valence electrons. The summed E-state index contributed by atoms with van der Waals surface area (Å²) in [5, 5.41) is 3.32. The maximum absolute atomic E-state index is 12.6. The van der Waals surface area contributed by atoms with Crippen LogP contribution in [0.5, 0.6) is 0 Å². The molecule has 2 aromatic carbocycles. The molecule has 0 aliphatic rings. The van der Waals surface area contributed by atoms with Crippen molar-refractivity contribution in [1.82, 2.24) is 0 Å². The van der Waals surface area contributed by atoms with Crippen molar-refractivity contribution in [2.45, 2.75) is 25.2 Å². The van der Waals surface area contributed by atoms with Crippen LogP contribution in [0, 0.1) is 0 Å². The fraction of sp³-hybridized carbons (Fsp3) is 0.238. The fourth-order valence-corrected chi connectivity index (χ4v) is 3.74. The molecule has 3 rings (SSSR count). The molecule has 1 heterocycles. The number of hydrogen-bond acceptors (Lipinski definition) is 6. The number of furan rings is 1. The van der Waals surface area contributed by atoms with Crippen molar-refractivity contribution in [1.29, 1.82) is 0 Å². The van der Waals surface area contributed by atoms with Crippen LogP contribution in [-0.2, 0) is 25.8 Å². The molecule has 0 aliphatic carbocycles. The highest BCUT2D eigenvalue weighted by Crippen LogP contribution is 2.31. The van der Waals surface area contributed by atoms with E-state index in [2.05, 4.69) is 5.32 Å². The van der Waals surface area contributed by atoms with E-state index in [1.807, 2.05) is 0 Å². The molecule has 1 aromatic heterocycles. The summed E-state index contributed by atoms with van der Waals surface area (Å²) in [5.74, 6) is -1.08. The van der Waals surface area contributed by atoms with E-state index in [1.165, 1.54) is 12.1 Å². The van der Waals surface area contributed by atoms with Crippen LogP contribution >= 0.6 is 0 Å². The average Bonchev–Trinajstić information content (AvgIpc) is 3.07. The number of rotatable bonds is 7. The summed E-state index contributed by atoms with van der Waals surface area (Å²) in [7, 11) is -3.29. The van der Waals surface area contributed by atoms with Crippen molar-refractivity contribution < 1.29 is 27.2 Å². The summed E-state index contributed by atoms with van der Waals surface area (Å²) in [6.07, 6.45) is 0.00816. The molecular weight excluding hydrogens is 394 g/mol. The molecule has 0 atom stereocenters. The summed E-state index contributed by atoms with van der Waals surface area (Å²) >= 11 is 0. The molecular formula is C21H21NO6S. The minimum atomic E-state index is -3.29. The van der Waals surface area contributed by atoms with E-state index in [0.717, 1.165) is 0 Å². The highest BCUT2D eigenvalue weighted by atomic mass is 32.2. The minimum absolute atomic E-state index is 0.00816. The average molecular weight is 415 g/mol. The quantitative estimate of drug-likeness (QED) is 0.592. The zero-order valence-corrected chi connectivity index (χ0v) is 16.9. The van der Waals surface area contributed by atoms with Crippen LogP contribution in [-0.4, -0.2) is 32.7 Å². The van der Waals surface area contributed by atoms with E-state index >= 15 is 0 Å². The lowest BCUT2D eigenvalue weighted by molar-refractivity contribution is -0.115. The summed E-state index contributed by atoms with van der Waals surface area (Å²) in [5.41, 5.74) is 1.36.